The molecule has 1 amide bonds. The molecule has 2 rings (SSSR count). The van der Waals surface area contributed by atoms with E-state index in [0.717, 1.165) is 19.5 Å². The lowest BCUT2D eigenvalue weighted by Gasteiger charge is -2.11. The minimum absolute atomic E-state index is 0.0258. The second-order valence-electron chi connectivity index (χ2n) is 4.44. The van der Waals surface area contributed by atoms with E-state index < -0.39 is 0 Å². The van der Waals surface area contributed by atoms with Crippen molar-refractivity contribution < 1.29 is 9.59 Å². The van der Waals surface area contributed by atoms with E-state index in [9.17, 15) is 9.59 Å². The Morgan fingerprint density at radius 2 is 2.29 bits per heavy atom. The van der Waals surface area contributed by atoms with Crippen LogP contribution in [-0.2, 0) is 7.05 Å². The normalized spacial score (nSPS) is 19.3. The molecule has 5 heteroatoms. The number of nitrogens with one attached hydrogen (secondary N) is 2. The van der Waals surface area contributed by atoms with Gasteiger partial charge < -0.3 is 15.2 Å². The smallest absolute Gasteiger partial charge is 0.268 e. The van der Waals surface area contributed by atoms with Crippen molar-refractivity contribution in [3.8, 4) is 0 Å². The van der Waals surface area contributed by atoms with Crippen molar-refractivity contribution in [1.82, 2.24) is 15.2 Å². The molecule has 0 saturated carbocycles. The van der Waals surface area contributed by atoms with Crippen LogP contribution >= 0.6 is 0 Å². The third-order valence-electron chi connectivity index (χ3n) is 3.04. The lowest BCUT2D eigenvalue weighted by atomic mass is 10.2. The minimum atomic E-state index is -0.117. The molecule has 92 valence electrons. The van der Waals surface area contributed by atoms with Crippen molar-refractivity contribution in [1.29, 1.82) is 0 Å². The second-order valence-corrected chi connectivity index (χ2v) is 4.44. The zero-order valence-corrected chi connectivity index (χ0v) is 10.1. The number of carbonyl (C=O) groups excluding carboxylic acids is 2. The molecular formula is C12H17N3O2. The fourth-order valence-electron chi connectivity index (χ4n) is 2.02. The zero-order valence-electron chi connectivity index (χ0n) is 10.1. The maximum absolute atomic E-state index is 12.0. The summed E-state index contributed by atoms with van der Waals surface area (Å²) in [7, 11) is 1.77. The Morgan fingerprint density at radius 1 is 1.53 bits per heavy atom. The summed E-state index contributed by atoms with van der Waals surface area (Å²) in [5.74, 6) is -0.143. The molecule has 0 aromatic carbocycles. The van der Waals surface area contributed by atoms with Crippen LogP contribution < -0.4 is 10.6 Å². The predicted octanol–water partition coefficient (Wildman–Crippen LogP) is 0.319. The molecule has 17 heavy (non-hydrogen) atoms. The van der Waals surface area contributed by atoms with Gasteiger partial charge in [-0.2, -0.15) is 0 Å². The summed E-state index contributed by atoms with van der Waals surface area (Å²) in [5, 5.41) is 6.15. The lowest BCUT2D eigenvalue weighted by Crippen LogP contribution is -2.37. The van der Waals surface area contributed by atoms with E-state index in [2.05, 4.69) is 10.6 Å². The molecule has 2 heterocycles. The Labute approximate surface area is 100 Å². The number of aryl methyl sites for hydroxylation is 1. The van der Waals surface area contributed by atoms with Gasteiger partial charge in [-0.15, -0.1) is 0 Å². The largest absolute Gasteiger partial charge is 0.347 e. The molecule has 1 unspecified atom stereocenters. The number of nitrogens with zero attached hydrogens (tertiary/aromatic N) is 1. The van der Waals surface area contributed by atoms with Gasteiger partial charge in [-0.1, -0.05) is 0 Å². The van der Waals surface area contributed by atoms with Gasteiger partial charge in [-0.3, -0.25) is 9.59 Å². The third kappa shape index (κ3) is 2.55. The number of hydrogen-bond donors (Lipinski definition) is 2. The van der Waals surface area contributed by atoms with Gasteiger partial charge in [0.25, 0.3) is 5.91 Å². The van der Waals surface area contributed by atoms with Gasteiger partial charge in [0.15, 0.2) is 5.78 Å². The van der Waals surface area contributed by atoms with Crippen LogP contribution in [0.25, 0.3) is 0 Å². The Kier molecular flexibility index (Phi) is 3.28. The second kappa shape index (κ2) is 4.71. The van der Waals surface area contributed by atoms with Gasteiger partial charge >= 0.3 is 0 Å². The highest BCUT2D eigenvalue weighted by molar-refractivity contribution is 5.99. The first-order valence-corrected chi connectivity index (χ1v) is 5.77. The Morgan fingerprint density at radius 3 is 2.82 bits per heavy atom. The Balaban J connectivity index is 2.10. The predicted molar refractivity (Wildman–Crippen MR) is 64.2 cm³/mol. The Hall–Kier alpha value is -1.62. The molecular weight excluding hydrogens is 218 g/mol. The molecule has 5 nitrogen and oxygen atoms in total. The molecule has 1 atom stereocenters. The topological polar surface area (TPSA) is 63.1 Å². The van der Waals surface area contributed by atoms with E-state index in [1.807, 2.05) is 0 Å². The minimum Gasteiger partial charge on any atom is -0.347 e. The number of carbonyl (C=O) groups is 2. The molecule has 1 aliphatic heterocycles. The van der Waals surface area contributed by atoms with E-state index in [-0.39, 0.29) is 17.7 Å². The molecule has 0 spiro atoms. The van der Waals surface area contributed by atoms with Crippen LogP contribution in [0, 0.1) is 0 Å². The highest BCUT2D eigenvalue weighted by atomic mass is 16.2. The van der Waals surface area contributed by atoms with Gasteiger partial charge in [0.1, 0.15) is 5.69 Å². The van der Waals surface area contributed by atoms with Gasteiger partial charge in [0, 0.05) is 31.4 Å². The van der Waals surface area contributed by atoms with Crippen molar-refractivity contribution in [3.05, 3.63) is 23.5 Å². The number of Topliss-reactive ketones (excluding diaryl/α,β-unsaturated/α-hetero) is 1. The zero-order chi connectivity index (χ0) is 12.4. The molecule has 1 saturated heterocycles. The monoisotopic (exact) mass is 235 g/mol. The van der Waals surface area contributed by atoms with Crippen molar-refractivity contribution in [2.75, 3.05) is 13.1 Å². The average Bonchev–Trinajstić information content (AvgIpc) is 2.86. The fourth-order valence-corrected chi connectivity index (χ4v) is 2.02. The van der Waals surface area contributed by atoms with E-state index in [1.165, 1.54) is 6.92 Å². The summed E-state index contributed by atoms with van der Waals surface area (Å²) in [4.78, 5) is 23.2. The van der Waals surface area contributed by atoms with Crippen LogP contribution in [-0.4, -0.2) is 35.4 Å². The summed E-state index contributed by atoms with van der Waals surface area (Å²) in [6.07, 6.45) is 2.64. The summed E-state index contributed by atoms with van der Waals surface area (Å²) < 4.78 is 1.69. The van der Waals surface area contributed by atoms with Crippen LogP contribution in [0.3, 0.4) is 0 Å². The standard InChI is InChI=1S/C12H17N3O2/c1-8(16)9-5-11(15(2)7-9)12(17)14-10-3-4-13-6-10/h5,7,10,13H,3-4,6H2,1-2H3,(H,14,17). The number of hydrogen-bond acceptors (Lipinski definition) is 3. The molecule has 1 fully saturated rings. The van der Waals surface area contributed by atoms with Crippen LogP contribution in [0.4, 0.5) is 0 Å². The molecule has 2 N–H and O–H groups in total. The van der Waals surface area contributed by atoms with Crippen molar-refractivity contribution in [2.45, 2.75) is 19.4 Å². The van der Waals surface area contributed by atoms with Crippen LogP contribution in [0.15, 0.2) is 12.3 Å². The van der Waals surface area contributed by atoms with Crippen molar-refractivity contribution in [2.24, 2.45) is 7.05 Å². The number of amides is 1. The maximum Gasteiger partial charge on any atom is 0.268 e. The summed E-state index contributed by atoms with van der Waals surface area (Å²) in [6.45, 7) is 3.25. The van der Waals surface area contributed by atoms with Crippen molar-refractivity contribution >= 4 is 11.7 Å². The number of rotatable bonds is 3. The van der Waals surface area contributed by atoms with E-state index in [4.69, 9.17) is 0 Å². The molecule has 0 radical (unpaired) electrons. The first kappa shape index (κ1) is 11.9. The molecule has 1 aromatic heterocycles. The first-order chi connectivity index (χ1) is 8.08. The lowest BCUT2D eigenvalue weighted by molar-refractivity contribution is 0.0931. The van der Waals surface area contributed by atoms with E-state index in [1.54, 1.807) is 23.9 Å². The van der Waals surface area contributed by atoms with Crippen LogP contribution in [0.5, 0.6) is 0 Å². The van der Waals surface area contributed by atoms with Gasteiger partial charge in [-0.05, 0) is 26.0 Å². The number of aromatic nitrogens is 1. The maximum atomic E-state index is 12.0. The quantitative estimate of drug-likeness (QED) is 0.742. The molecule has 1 aromatic rings. The van der Waals surface area contributed by atoms with Gasteiger partial charge in [0.05, 0.1) is 0 Å². The summed E-state index contributed by atoms with van der Waals surface area (Å²) in [6, 6.07) is 1.83. The molecule has 0 aliphatic carbocycles. The summed E-state index contributed by atoms with van der Waals surface area (Å²) in [5.41, 5.74) is 1.10. The summed E-state index contributed by atoms with van der Waals surface area (Å²) >= 11 is 0. The highest BCUT2D eigenvalue weighted by Crippen LogP contribution is 2.09. The highest BCUT2D eigenvalue weighted by Gasteiger charge is 2.20. The van der Waals surface area contributed by atoms with E-state index >= 15 is 0 Å². The van der Waals surface area contributed by atoms with Crippen LogP contribution in [0.2, 0.25) is 0 Å². The van der Waals surface area contributed by atoms with Gasteiger partial charge in [0.2, 0.25) is 0 Å². The van der Waals surface area contributed by atoms with Crippen LogP contribution in [0.1, 0.15) is 34.2 Å². The average molecular weight is 235 g/mol. The van der Waals surface area contributed by atoms with Gasteiger partial charge in [-0.25, -0.2) is 0 Å². The molecule has 1 aliphatic rings. The SMILES string of the molecule is CC(=O)c1cc(C(=O)NC2CCNC2)n(C)c1. The molecule has 0 bridgehead atoms. The number of ketones is 1. The first-order valence-electron chi connectivity index (χ1n) is 5.77. The van der Waals surface area contributed by atoms with E-state index in [0.29, 0.717) is 11.3 Å². The van der Waals surface area contributed by atoms with Crippen molar-refractivity contribution in [3.63, 3.8) is 0 Å². The fraction of sp³-hybridized carbons (Fsp3) is 0.500. The third-order valence-corrected chi connectivity index (χ3v) is 3.04. The Bertz CT molecular complexity index is 445.